The normalized spacial score (nSPS) is 20.5. The van der Waals surface area contributed by atoms with Gasteiger partial charge in [0.2, 0.25) is 0 Å². The molecule has 4 nitrogen and oxygen atoms in total. The number of hydrogen-bond acceptors (Lipinski definition) is 4. The van der Waals surface area contributed by atoms with Crippen LogP contribution in [0.3, 0.4) is 0 Å². The fraction of sp³-hybridized carbons (Fsp3) is 0.333. The minimum Gasteiger partial charge on any atom is -0.384 e. The molecule has 0 saturated heterocycles. The molecule has 56 valence electrons. The van der Waals surface area contributed by atoms with Gasteiger partial charge in [0.05, 0.1) is 6.10 Å². The summed E-state index contributed by atoms with van der Waals surface area (Å²) in [7, 11) is 0. The molecule has 1 aliphatic heterocycles. The molecule has 0 bridgehead atoms. The maximum Gasteiger partial charge on any atom is 0.114 e. The first-order valence-corrected chi connectivity index (χ1v) is 3.03. The van der Waals surface area contributed by atoms with Crippen molar-refractivity contribution in [1.82, 2.24) is 10.9 Å². The second-order valence-corrected chi connectivity index (χ2v) is 2.10. The second kappa shape index (κ2) is 2.72. The lowest BCUT2D eigenvalue weighted by Crippen LogP contribution is -2.26. The van der Waals surface area contributed by atoms with E-state index in [2.05, 4.69) is 17.4 Å². The van der Waals surface area contributed by atoms with Gasteiger partial charge in [-0.2, -0.15) is 0 Å². The molecule has 1 heterocycles. The summed E-state index contributed by atoms with van der Waals surface area (Å²) in [6.07, 6.45) is 0.805. The van der Waals surface area contributed by atoms with Crippen LogP contribution in [0.15, 0.2) is 24.0 Å². The highest BCUT2D eigenvalue weighted by molar-refractivity contribution is 5.22. The average Bonchev–Trinajstić information content (AvgIpc) is 2.34. The maximum absolute atomic E-state index is 9.19. The summed E-state index contributed by atoms with van der Waals surface area (Å²) in [4.78, 5) is 0. The molecule has 0 radical (unpaired) electrons. The van der Waals surface area contributed by atoms with Gasteiger partial charge in [-0.1, -0.05) is 6.08 Å². The Balaban J connectivity index is 2.70. The van der Waals surface area contributed by atoms with E-state index in [1.807, 2.05) is 0 Å². The van der Waals surface area contributed by atoms with Gasteiger partial charge in [0.15, 0.2) is 0 Å². The smallest absolute Gasteiger partial charge is 0.114 e. The third kappa shape index (κ3) is 1.12. The van der Waals surface area contributed by atoms with Crippen molar-refractivity contribution in [1.29, 1.82) is 0 Å². The van der Waals surface area contributed by atoms with Crippen molar-refractivity contribution < 1.29 is 5.11 Å². The van der Waals surface area contributed by atoms with E-state index < -0.39 is 6.10 Å². The molecule has 0 amide bonds. The zero-order chi connectivity index (χ0) is 7.56. The molecule has 1 aliphatic rings. The van der Waals surface area contributed by atoms with Gasteiger partial charge < -0.3 is 16.3 Å². The summed E-state index contributed by atoms with van der Waals surface area (Å²) in [5, 5.41) is 9.19. The Morgan fingerprint density at radius 1 is 1.80 bits per heavy atom. The zero-order valence-corrected chi connectivity index (χ0v) is 5.59. The first-order chi connectivity index (χ1) is 4.75. The standard InChI is InChI=1S/C6H11N3O/c1-2-5(10)4-3-8-9-6(4)7/h2,5,8-10H,1,3,7H2. The molecular formula is C6H11N3O. The summed E-state index contributed by atoms with van der Waals surface area (Å²) in [6, 6.07) is 0. The van der Waals surface area contributed by atoms with Crippen molar-refractivity contribution in [3.63, 3.8) is 0 Å². The van der Waals surface area contributed by atoms with E-state index in [-0.39, 0.29) is 0 Å². The third-order valence-corrected chi connectivity index (χ3v) is 1.43. The van der Waals surface area contributed by atoms with E-state index in [1.165, 1.54) is 6.08 Å². The fourth-order valence-corrected chi connectivity index (χ4v) is 0.816. The first-order valence-electron chi connectivity index (χ1n) is 3.03. The molecular weight excluding hydrogens is 130 g/mol. The third-order valence-electron chi connectivity index (χ3n) is 1.43. The van der Waals surface area contributed by atoms with Gasteiger partial charge in [0, 0.05) is 12.1 Å². The van der Waals surface area contributed by atoms with E-state index in [0.717, 1.165) is 5.57 Å². The van der Waals surface area contributed by atoms with Crippen LogP contribution in [0.5, 0.6) is 0 Å². The Kier molecular flexibility index (Phi) is 1.94. The van der Waals surface area contributed by atoms with Crippen molar-refractivity contribution in [2.45, 2.75) is 6.10 Å². The van der Waals surface area contributed by atoms with Crippen LogP contribution in [0.1, 0.15) is 0 Å². The molecule has 0 fully saturated rings. The Morgan fingerprint density at radius 2 is 2.50 bits per heavy atom. The summed E-state index contributed by atoms with van der Waals surface area (Å²) in [6.45, 7) is 4.01. The molecule has 0 aromatic rings. The van der Waals surface area contributed by atoms with E-state index in [0.29, 0.717) is 12.4 Å². The molecule has 1 rings (SSSR count). The van der Waals surface area contributed by atoms with E-state index in [9.17, 15) is 5.11 Å². The van der Waals surface area contributed by atoms with E-state index >= 15 is 0 Å². The van der Waals surface area contributed by atoms with E-state index in [1.54, 1.807) is 0 Å². The molecule has 0 saturated carbocycles. The second-order valence-electron chi connectivity index (χ2n) is 2.10. The minimum atomic E-state index is -0.637. The monoisotopic (exact) mass is 141 g/mol. The van der Waals surface area contributed by atoms with Gasteiger partial charge in [0.1, 0.15) is 5.82 Å². The Morgan fingerprint density at radius 3 is 2.90 bits per heavy atom. The van der Waals surface area contributed by atoms with Gasteiger partial charge in [-0.3, -0.25) is 0 Å². The molecule has 0 aliphatic carbocycles. The van der Waals surface area contributed by atoms with Crippen molar-refractivity contribution in [2.75, 3.05) is 6.54 Å². The van der Waals surface area contributed by atoms with Gasteiger partial charge in [-0.15, -0.1) is 6.58 Å². The number of nitrogens with one attached hydrogen (secondary N) is 2. The lowest BCUT2D eigenvalue weighted by Gasteiger charge is -2.04. The summed E-state index contributed by atoms with van der Waals surface area (Å²) in [5.74, 6) is 0.493. The van der Waals surface area contributed by atoms with Crippen LogP contribution < -0.4 is 16.6 Å². The van der Waals surface area contributed by atoms with Crippen molar-refractivity contribution in [2.24, 2.45) is 5.73 Å². The number of hydrogen-bond donors (Lipinski definition) is 4. The highest BCUT2D eigenvalue weighted by Crippen LogP contribution is 2.06. The summed E-state index contributed by atoms with van der Waals surface area (Å²) >= 11 is 0. The predicted molar refractivity (Wildman–Crippen MR) is 38.6 cm³/mol. The van der Waals surface area contributed by atoms with Crippen LogP contribution in [0.2, 0.25) is 0 Å². The maximum atomic E-state index is 9.19. The minimum absolute atomic E-state index is 0.493. The molecule has 1 atom stereocenters. The lowest BCUT2D eigenvalue weighted by molar-refractivity contribution is 0.257. The SMILES string of the molecule is C=CC(O)C1=C(N)NNC1. The quantitative estimate of drug-likeness (QED) is 0.365. The highest BCUT2D eigenvalue weighted by Gasteiger charge is 2.15. The molecule has 0 spiro atoms. The Labute approximate surface area is 59.4 Å². The summed E-state index contributed by atoms with van der Waals surface area (Å²) in [5.41, 5.74) is 11.7. The molecule has 4 heteroatoms. The fourth-order valence-electron chi connectivity index (χ4n) is 0.816. The Hall–Kier alpha value is -1.00. The largest absolute Gasteiger partial charge is 0.384 e. The molecule has 0 aromatic carbocycles. The highest BCUT2D eigenvalue weighted by atomic mass is 16.3. The first kappa shape index (κ1) is 7.11. The van der Waals surface area contributed by atoms with Gasteiger partial charge >= 0.3 is 0 Å². The van der Waals surface area contributed by atoms with E-state index in [4.69, 9.17) is 5.73 Å². The van der Waals surface area contributed by atoms with Crippen LogP contribution in [0.4, 0.5) is 0 Å². The van der Waals surface area contributed by atoms with Gasteiger partial charge in [0.25, 0.3) is 0 Å². The number of hydrazine groups is 1. The van der Waals surface area contributed by atoms with Crippen molar-refractivity contribution in [3.8, 4) is 0 Å². The molecule has 0 aromatic heterocycles. The van der Waals surface area contributed by atoms with Gasteiger partial charge in [-0.05, 0) is 0 Å². The van der Waals surface area contributed by atoms with Crippen LogP contribution in [0, 0.1) is 0 Å². The Bertz CT molecular complexity index is 176. The predicted octanol–water partition coefficient (Wildman–Crippen LogP) is -1.19. The molecule has 1 unspecified atom stereocenters. The molecule has 10 heavy (non-hydrogen) atoms. The van der Waals surface area contributed by atoms with Crippen molar-refractivity contribution >= 4 is 0 Å². The van der Waals surface area contributed by atoms with Gasteiger partial charge in [-0.25, -0.2) is 5.43 Å². The average molecular weight is 141 g/mol. The molecule has 5 N–H and O–H groups in total. The van der Waals surface area contributed by atoms with Crippen LogP contribution in [-0.2, 0) is 0 Å². The van der Waals surface area contributed by atoms with Crippen LogP contribution in [0.25, 0.3) is 0 Å². The lowest BCUT2D eigenvalue weighted by atomic mass is 10.1. The number of nitrogens with two attached hydrogens (primary N) is 1. The number of aliphatic hydroxyl groups excluding tert-OH is 1. The number of rotatable bonds is 2. The topological polar surface area (TPSA) is 70.3 Å². The zero-order valence-electron chi connectivity index (χ0n) is 5.59. The van der Waals surface area contributed by atoms with Crippen molar-refractivity contribution in [3.05, 3.63) is 24.0 Å². The number of aliphatic hydroxyl groups is 1. The summed E-state index contributed by atoms with van der Waals surface area (Å²) < 4.78 is 0. The van der Waals surface area contributed by atoms with Crippen LogP contribution >= 0.6 is 0 Å². The van der Waals surface area contributed by atoms with Crippen LogP contribution in [-0.4, -0.2) is 17.8 Å².